The summed E-state index contributed by atoms with van der Waals surface area (Å²) in [6.45, 7) is 9.50. The predicted molar refractivity (Wildman–Crippen MR) is 63.5 cm³/mol. The topological polar surface area (TPSA) is 52.6 Å². The molecule has 1 heterocycles. The van der Waals surface area contributed by atoms with Crippen molar-refractivity contribution in [3.8, 4) is 0 Å². The number of carbonyl (C=O) groups excluding carboxylic acids is 2. The van der Waals surface area contributed by atoms with Gasteiger partial charge in [0.25, 0.3) is 0 Å². The highest BCUT2D eigenvalue weighted by atomic mass is 16.6. The van der Waals surface area contributed by atoms with E-state index in [4.69, 9.17) is 4.74 Å². The number of hydrogen-bond acceptors (Lipinski definition) is 4. The number of carbonyl (C=O) groups is 2. The first-order valence-corrected chi connectivity index (χ1v) is 5.68. The van der Waals surface area contributed by atoms with Crippen molar-refractivity contribution in [3.63, 3.8) is 0 Å². The minimum atomic E-state index is -1.48. The number of ketones is 1. The van der Waals surface area contributed by atoms with Crippen LogP contribution in [0.25, 0.3) is 0 Å². The smallest absolute Gasteiger partial charge is 0.346 e. The van der Waals surface area contributed by atoms with Gasteiger partial charge in [-0.05, 0) is 5.41 Å². The van der Waals surface area contributed by atoms with E-state index in [0.29, 0.717) is 0 Å². The van der Waals surface area contributed by atoms with E-state index < -0.39 is 11.6 Å². The highest BCUT2D eigenvalue weighted by Gasteiger charge is 2.56. The molecule has 0 spiro atoms. The fraction of sp³-hybridized carbons (Fsp3) is 0.692. The van der Waals surface area contributed by atoms with E-state index in [1.165, 1.54) is 13.2 Å². The largest absolute Gasteiger partial charge is 0.467 e. The van der Waals surface area contributed by atoms with Crippen LogP contribution in [0.3, 0.4) is 0 Å². The average Bonchev–Trinajstić information content (AvgIpc) is 2.56. The van der Waals surface area contributed by atoms with Gasteiger partial charge in [-0.3, -0.25) is 4.79 Å². The lowest BCUT2D eigenvalue weighted by atomic mass is 9.86. The lowest BCUT2D eigenvalue weighted by Crippen LogP contribution is -2.46. The molecule has 4 nitrogen and oxygen atoms in total. The van der Waals surface area contributed by atoms with Crippen molar-refractivity contribution in [2.45, 2.75) is 45.3 Å². The van der Waals surface area contributed by atoms with Crippen LogP contribution in [0.15, 0.2) is 12.7 Å². The molecule has 0 saturated carbocycles. The van der Waals surface area contributed by atoms with Gasteiger partial charge in [0.1, 0.15) is 0 Å². The first kappa shape index (κ1) is 13.9. The fourth-order valence-corrected chi connectivity index (χ4v) is 1.94. The zero-order valence-corrected chi connectivity index (χ0v) is 10.9. The van der Waals surface area contributed by atoms with Crippen LogP contribution in [-0.2, 0) is 19.1 Å². The van der Waals surface area contributed by atoms with Crippen molar-refractivity contribution in [1.82, 2.24) is 0 Å². The molecule has 0 unspecified atom stereocenters. The van der Waals surface area contributed by atoms with Gasteiger partial charge in [-0.15, -0.1) is 6.58 Å². The molecule has 4 heteroatoms. The minimum Gasteiger partial charge on any atom is -0.467 e. The molecule has 1 fully saturated rings. The second-order valence-corrected chi connectivity index (χ2v) is 5.41. The first-order chi connectivity index (χ1) is 7.78. The van der Waals surface area contributed by atoms with Crippen LogP contribution in [0, 0.1) is 5.41 Å². The number of ether oxygens (including phenoxy) is 2. The average molecular weight is 240 g/mol. The van der Waals surface area contributed by atoms with E-state index >= 15 is 0 Å². The Balaban J connectivity index is 3.05. The molecule has 1 rings (SSSR count). The summed E-state index contributed by atoms with van der Waals surface area (Å²) >= 11 is 0. The second-order valence-electron chi connectivity index (χ2n) is 5.41. The monoisotopic (exact) mass is 240 g/mol. The molecule has 0 bridgehead atoms. The fourth-order valence-electron chi connectivity index (χ4n) is 1.94. The Hall–Kier alpha value is -1.16. The van der Waals surface area contributed by atoms with E-state index in [1.807, 2.05) is 20.8 Å². The summed E-state index contributed by atoms with van der Waals surface area (Å²) in [5.41, 5.74) is -1.67. The first-order valence-electron chi connectivity index (χ1n) is 5.68. The SMILES string of the molecule is C=CC[C@]1(C(=O)OC)O[C@@H](C(C)(C)C)CC1=O. The Morgan fingerprint density at radius 2 is 2.24 bits per heavy atom. The quantitative estimate of drug-likeness (QED) is 0.429. The van der Waals surface area contributed by atoms with Gasteiger partial charge in [0.2, 0.25) is 5.60 Å². The van der Waals surface area contributed by atoms with Crippen molar-refractivity contribution in [3.05, 3.63) is 12.7 Å². The van der Waals surface area contributed by atoms with E-state index in [0.717, 1.165) is 0 Å². The highest BCUT2D eigenvalue weighted by molar-refractivity contribution is 6.09. The molecule has 0 amide bonds. The highest BCUT2D eigenvalue weighted by Crippen LogP contribution is 2.39. The summed E-state index contributed by atoms with van der Waals surface area (Å²) in [4.78, 5) is 23.9. The molecule has 0 aromatic rings. The van der Waals surface area contributed by atoms with Crippen LogP contribution < -0.4 is 0 Å². The van der Waals surface area contributed by atoms with Crippen LogP contribution in [0.2, 0.25) is 0 Å². The zero-order chi connectivity index (χ0) is 13.3. The van der Waals surface area contributed by atoms with Crippen molar-refractivity contribution < 1.29 is 19.1 Å². The van der Waals surface area contributed by atoms with E-state index in [1.54, 1.807) is 0 Å². The lowest BCUT2D eigenvalue weighted by molar-refractivity contribution is -0.174. The molecule has 0 radical (unpaired) electrons. The van der Waals surface area contributed by atoms with Gasteiger partial charge in [0.15, 0.2) is 5.78 Å². The molecule has 96 valence electrons. The number of rotatable bonds is 3. The molecule has 1 saturated heterocycles. The van der Waals surface area contributed by atoms with Crippen molar-refractivity contribution in [2.75, 3.05) is 7.11 Å². The van der Waals surface area contributed by atoms with Crippen LogP contribution >= 0.6 is 0 Å². The lowest BCUT2D eigenvalue weighted by Gasteiger charge is -2.29. The molecule has 0 aromatic carbocycles. The zero-order valence-electron chi connectivity index (χ0n) is 10.9. The van der Waals surface area contributed by atoms with Gasteiger partial charge in [-0.25, -0.2) is 4.79 Å². The summed E-state index contributed by atoms with van der Waals surface area (Å²) < 4.78 is 10.4. The van der Waals surface area contributed by atoms with Crippen molar-refractivity contribution in [1.29, 1.82) is 0 Å². The maximum absolute atomic E-state index is 12.1. The third kappa shape index (κ3) is 2.41. The Morgan fingerprint density at radius 3 is 2.59 bits per heavy atom. The Morgan fingerprint density at radius 1 is 1.65 bits per heavy atom. The number of Topliss-reactive ketones (excluding diaryl/α,β-unsaturated/α-hetero) is 1. The standard InChI is InChI=1S/C13H20O4/c1-6-7-13(11(15)16-5)9(14)8-10(17-13)12(2,3)4/h6,10H,1,7-8H2,2-5H3/t10-,13+/m1/s1. The van der Waals surface area contributed by atoms with E-state index in [9.17, 15) is 9.59 Å². The number of esters is 1. The summed E-state index contributed by atoms with van der Waals surface area (Å²) in [5.74, 6) is -0.849. The molecule has 0 N–H and O–H groups in total. The molecule has 2 atom stereocenters. The summed E-state index contributed by atoms with van der Waals surface area (Å²) in [6.07, 6.45) is 1.64. The van der Waals surface area contributed by atoms with Crippen LogP contribution in [0.5, 0.6) is 0 Å². The van der Waals surface area contributed by atoms with Gasteiger partial charge >= 0.3 is 5.97 Å². The Labute approximate surface area is 102 Å². The van der Waals surface area contributed by atoms with Gasteiger partial charge in [0.05, 0.1) is 13.2 Å². The molecule has 0 aliphatic carbocycles. The molecule has 0 aromatic heterocycles. The van der Waals surface area contributed by atoms with Crippen molar-refractivity contribution >= 4 is 11.8 Å². The number of hydrogen-bond donors (Lipinski definition) is 0. The van der Waals surface area contributed by atoms with Gasteiger partial charge in [0, 0.05) is 12.8 Å². The second kappa shape index (κ2) is 4.61. The molecule has 1 aliphatic heterocycles. The summed E-state index contributed by atoms with van der Waals surface area (Å²) in [5, 5.41) is 0. The Kier molecular flexibility index (Phi) is 3.77. The summed E-state index contributed by atoms with van der Waals surface area (Å²) in [7, 11) is 1.26. The Bertz CT molecular complexity index is 340. The number of methoxy groups -OCH3 is 1. The maximum atomic E-state index is 12.1. The third-order valence-electron chi connectivity index (χ3n) is 3.08. The molecular weight excluding hydrogens is 220 g/mol. The van der Waals surface area contributed by atoms with E-state index in [2.05, 4.69) is 11.3 Å². The van der Waals surface area contributed by atoms with E-state index in [-0.39, 0.29) is 30.1 Å². The molecule has 1 aliphatic rings. The van der Waals surface area contributed by atoms with Gasteiger partial charge in [-0.2, -0.15) is 0 Å². The maximum Gasteiger partial charge on any atom is 0.346 e. The predicted octanol–water partition coefficient (Wildman–Crippen LogP) is 1.88. The van der Waals surface area contributed by atoms with Crippen LogP contribution in [0.1, 0.15) is 33.6 Å². The molecular formula is C13H20O4. The van der Waals surface area contributed by atoms with Crippen LogP contribution in [0.4, 0.5) is 0 Å². The van der Waals surface area contributed by atoms with Crippen molar-refractivity contribution in [2.24, 2.45) is 5.41 Å². The molecule has 17 heavy (non-hydrogen) atoms. The van der Waals surface area contributed by atoms with Gasteiger partial charge < -0.3 is 9.47 Å². The van der Waals surface area contributed by atoms with Crippen LogP contribution in [-0.4, -0.2) is 30.6 Å². The summed E-state index contributed by atoms with van der Waals surface area (Å²) in [6, 6.07) is 0. The normalized spacial score (nSPS) is 29.2. The van der Waals surface area contributed by atoms with Gasteiger partial charge in [-0.1, -0.05) is 26.8 Å². The third-order valence-corrected chi connectivity index (χ3v) is 3.08. The minimum absolute atomic E-state index is 0.158.